The van der Waals surface area contributed by atoms with Crippen molar-refractivity contribution in [3.63, 3.8) is 0 Å². The Morgan fingerprint density at radius 3 is 2.71 bits per heavy atom. The third-order valence-corrected chi connectivity index (χ3v) is 5.42. The highest BCUT2D eigenvalue weighted by Crippen LogP contribution is 2.17. The summed E-state index contributed by atoms with van der Waals surface area (Å²) in [7, 11) is 5.78. The number of rotatable bonds is 7. The molecule has 0 aliphatic rings. The predicted octanol–water partition coefficient (Wildman–Crippen LogP) is 2.75. The molecule has 0 aliphatic carbocycles. The van der Waals surface area contributed by atoms with Gasteiger partial charge in [0.15, 0.2) is 11.1 Å². The molecular weight excluding hydrogens is 455 g/mol. The zero-order chi connectivity index (χ0) is 16.7. The van der Waals surface area contributed by atoms with Crippen molar-refractivity contribution in [2.75, 3.05) is 32.6 Å². The van der Waals surface area contributed by atoms with Crippen LogP contribution < -0.4 is 15.5 Å². The summed E-state index contributed by atoms with van der Waals surface area (Å²) in [4.78, 5) is 16.6. The lowest BCUT2D eigenvalue weighted by atomic mass is 10.4. The van der Waals surface area contributed by atoms with Gasteiger partial charge >= 0.3 is 0 Å². The molecule has 6 nitrogen and oxygen atoms in total. The van der Waals surface area contributed by atoms with Gasteiger partial charge in [0.1, 0.15) is 0 Å². The molecule has 24 heavy (non-hydrogen) atoms. The lowest BCUT2D eigenvalue weighted by Gasteiger charge is -2.10. The van der Waals surface area contributed by atoms with Gasteiger partial charge < -0.3 is 15.5 Å². The second-order valence-corrected chi connectivity index (χ2v) is 7.23. The topological polar surface area (TPSA) is 65.4 Å². The van der Waals surface area contributed by atoms with E-state index in [9.17, 15) is 0 Å². The second kappa shape index (κ2) is 10.8. The largest absolute Gasteiger partial charge is 0.356 e. The maximum Gasteiger partial charge on any atom is 0.191 e. The highest BCUT2D eigenvalue weighted by Gasteiger charge is 2.05. The fourth-order valence-corrected chi connectivity index (χ4v) is 3.51. The highest BCUT2D eigenvalue weighted by atomic mass is 127. The number of hydrogen-bond acceptors (Lipinski definition) is 6. The Hall–Kier alpha value is -0.940. The van der Waals surface area contributed by atoms with Gasteiger partial charge in [0.05, 0.1) is 17.2 Å². The molecular formula is C15H25IN6S2. The number of thiazole rings is 2. The summed E-state index contributed by atoms with van der Waals surface area (Å²) in [6.07, 6.45) is 3.93. The first-order chi connectivity index (χ1) is 11.1. The molecule has 2 aromatic heterocycles. The Balaban J connectivity index is 0.00000288. The van der Waals surface area contributed by atoms with Crippen LogP contribution in [0.3, 0.4) is 0 Å². The maximum atomic E-state index is 4.55. The van der Waals surface area contributed by atoms with E-state index in [-0.39, 0.29) is 24.0 Å². The van der Waals surface area contributed by atoms with Crippen molar-refractivity contribution in [1.82, 2.24) is 20.6 Å². The SMILES string of the molecule is CCc1cnc(CCNC(=NC)NCc2csc(N(C)C)n2)s1.I. The van der Waals surface area contributed by atoms with Crippen molar-refractivity contribution in [1.29, 1.82) is 0 Å². The molecule has 2 heterocycles. The van der Waals surface area contributed by atoms with Gasteiger partial charge in [-0.3, -0.25) is 4.99 Å². The van der Waals surface area contributed by atoms with Crippen molar-refractivity contribution in [2.45, 2.75) is 26.3 Å². The average Bonchev–Trinajstić information content (AvgIpc) is 3.19. The Kier molecular flexibility index (Phi) is 9.52. The van der Waals surface area contributed by atoms with Gasteiger partial charge in [-0.05, 0) is 6.42 Å². The molecule has 0 aliphatic heterocycles. The van der Waals surface area contributed by atoms with E-state index < -0.39 is 0 Å². The molecule has 0 amide bonds. The van der Waals surface area contributed by atoms with Crippen molar-refractivity contribution in [3.05, 3.63) is 27.2 Å². The summed E-state index contributed by atoms with van der Waals surface area (Å²) in [5.74, 6) is 0.789. The van der Waals surface area contributed by atoms with Crippen molar-refractivity contribution < 1.29 is 0 Å². The van der Waals surface area contributed by atoms with Gasteiger partial charge in [-0.25, -0.2) is 9.97 Å². The highest BCUT2D eigenvalue weighted by molar-refractivity contribution is 14.0. The standard InChI is InChI=1S/C15H24N6S2.HI/c1-5-12-9-18-13(23-12)6-7-17-14(16-2)19-8-11-10-22-15(20-11)21(3)4;/h9-10H,5-8H2,1-4H3,(H2,16,17,19);1H. The molecule has 9 heteroatoms. The summed E-state index contributed by atoms with van der Waals surface area (Å²) in [6, 6.07) is 0. The first-order valence-electron chi connectivity index (χ1n) is 7.62. The van der Waals surface area contributed by atoms with E-state index in [1.54, 1.807) is 29.7 Å². The lowest BCUT2D eigenvalue weighted by Crippen LogP contribution is -2.37. The minimum absolute atomic E-state index is 0. The molecule has 0 atom stereocenters. The smallest absolute Gasteiger partial charge is 0.191 e. The predicted molar refractivity (Wildman–Crippen MR) is 115 cm³/mol. The van der Waals surface area contributed by atoms with E-state index in [0.29, 0.717) is 6.54 Å². The fourth-order valence-electron chi connectivity index (χ4n) is 1.89. The quantitative estimate of drug-likeness (QED) is 0.363. The summed E-state index contributed by atoms with van der Waals surface area (Å²) in [6.45, 7) is 3.64. The van der Waals surface area contributed by atoms with Crippen LogP contribution in [0.15, 0.2) is 16.6 Å². The summed E-state index contributed by atoms with van der Waals surface area (Å²) >= 11 is 3.43. The summed E-state index contributed by atoms with van der Waals surface area (Å²) in [5, 5.41) is 10.9. The number of halogens is 1. The Bertz CT molecular complexity index is 637. The Labute approximate surface area is 168 Å². The second-order valence-electron chi connectivity index (χ2n) is 5.19. The van der Waals surface area contributed by atoms with Gasteiger partial charge in [0, 0.05) is 50.6 Å². The van der Waals surface area contributed by atoms with E-state index in [1.165, 1.54) is 9.88 Å². The van der Waals surface area contributed by atoms with Crippen molar-refractivity contribution in [2.24, 2.45) is 4.99 Å². The minimum Gasteiger partial charge on any atom is -0.356 e. The summed E-state index contributed by atoms with van der Waals surface area (Å²) < 4.78 is 0. The number of anilines is 1. The fraction of sp³-hybridized carbons (Fsp3) is 0.533. The first kappa shape index (κ1) is 21.1. The number of guanidine groups is 1. The van der Waals surface area contributed by atoms with Gasteiger partial charge in [-0.15, -0.1) is 46.7 Å². The molecule has 0 bridgehead atoms. The van der Waals surface area contributed by atoms with Gasteiger partial charge in [-0.1, -0.05) is 6.92 Å². The van der Waals surface area contributed by atoms with Crippen LogP contribution in [0.5, 0.6) is 0 Å². The molecule has 0 unspecified atom stereocenters. The summed E-state index contributed by atoms with van der Waals surface area (Å²) in [5.41, 5.74) is 1.02. The van der Waals surface area contributed by atoms with Crippen molar-refractivity contribution >= 4 is 57.7 Å². The van der Waals surface area contributed by atoms with Crippen LogP contribution in [0.4, 0.5) is 5.13 Å². The maximum absolute atomic E-state index is 4.55. The number of aromatic nitrogens is 2. The number of nitrogens with one attached hydrogen (secondary N) is 2. The third kappa shape index (κ3) is 6.52. The number of aryl methyl sites for hydroxylation is 1. The minimum atomic E-state index is 0. The normalized spacial score (nSPS) is 11.1. The first-order valence-corrected chi connectivity index (χ1v) is 9.31. The van der Waals surface area contributed by atoms with Crippen LogP contribution in [0.25, 0.3) is 0 Å². The van der Waals surface area contributed by atoms with Crippen LogP contribution in [0, 0.1) is 0 Å². The molecule has 0 fully saturated rings. The molecule has 0 saturated heterocycles. The van der Waals surface area contributed by atoms with Crippen LogP contribution in [-0.2, 0) is 19.4 Å². The monoisotopic (exact) mass is 480 g/mol. The Morgan fingerprint density at radius 1 is 1.33 bits per heavy atom. The van der Waals surface area contributed by atoms with E-state index in [1.807, 2.05) is 25.2 Å². The van der Waals surface area contributed by atoms with E-state index in [4.69, 9.17) is 0 Å². The van der Waals surface area contributed by atoms with Gasteiger partial charge in [0.2, 0.25) is 0 Å². The zero-order valence-corrected chi connectivity index (χ0v) is 18.5. The van der Waals surface area contributed by atoms with E-state index in [0.717, 1.165) is 36.2 Å². The number of aliphatic imine (C=N–C) groups is 1. The Morgan fingerprint density at radius 2 is 2.12 bits per heavy atom. The average molecular weight is 480 g/mol. The third-order valence-electron chi connectivity index (χ3n) is 3.16. The van der Waals surface area contributed by atoms with Crippen molar-refractivity contribution in [3.8, 4) is 0 Å². The van der Waals surface area contributed by atoms with E-state index >= 15 is 0 Å². The molecule has 0 radical (unpaired) electrons. The van der Waals surface area contributed by atoms with Crippen LogP contribution in [0.2, 0.25) is 0 Å². The van der Waals surface area contributed by atoms with Crippen LogP contribution >= 0.6 is 46.7 Å². The molecule has 0 aromatic carbocycles. The van der Waals surface area contributed by atoms with Crippen LogP contribution in [0.1, 0.15) is 22.5 Å². The molecule has 2 aromatic rings. The van der Waals surface area contributed by atoms with Crippen LogP contribution in [-0.4, -0.2) is 43.6 Å². The number of hydrogen-bond donors (Lipinski definition) is 2. The molecule has 0 saturated carbocycles. The lowest BCUT2D eigenvalue weighted by molar-refractivity contribution is 0.783. The molecule has 0 spiro atoms. The molecule has 2 rings (SSSR count). The van der Waals surface area contributed by atoms with Gasteiger partial charge in [-0.2, -0.15) is 0 Å². The van der Waals surface area contributed by atoms with E-state index in [2.05, 4.69) is 37.9 Å². The molecule has 134 valence electrons. The number of nitrogens with zero attached hydrogens (tertiary/aromatic N) is 4. The molecule has 2 N–H and O–H groups in total. The van der Waals surface area contributed by atoms with Gasteiger partial charge in [0.25, 0.3) is 0 Å². The zero-order valence-electron chi connectivity index (χ0n) is 14.5.